The Hall–Kier alpha value is -3.02. The molecule has 24 heavy (non-hydrogen) atoms. The zero-order valence-corrected chi connectivity index (χ0v) is 13.4. The van der Waals surface area contributed by atoms with Crippen LogP contribution < -0.4 is 10.9 Å². The zero-order chi connectivity index (χ0) is 16.9. The highest BCUT2D eigenvalue weighted by Gasteiger charge is 2.08. The topological polar surface area (TPSA) is 76.9 Å². The van der Waals surface area contributed by atoms with E-state index in [1.54, 1.807) is 35.2 Å². The molecule has 2 aromatic heterocycles. The van der Waals surface area contributed by atoms with Crippen molar-refractivity contribution in [1.29, 1.82) is 0 Å². The summed E-state index contributed by atoms with van der Waals surface area (Å²) in [7, 11) is 0. The lowest BCUT2D eigenvalue weighted by molar-refractivity contribution is 0.0952. The van der Waals surface area contributed by atoms with Gasteiger partial charge in [-0.1, -0.05) is 12.1 Å². The first kappa shape index (κ1) is 15.9. The molecule has 6 heteroatoms. The minimum atomic E-state index is -0.141. The second-order valence-corrected chi connectivity index (χ2v) is 5.48. The van der Waals surface area contributed by atoms with Crippen LogP contribution in [0.2, 0.25) is 0 Å². The molecule has 0 fully saturated rings. The Morgan fingerprint density at radius 3 is 2.71 bits per heavy atom. The van der Waals surface area contributed by atoms with Gasteiger partial charge in [-0.2, -0.15) is 0 Å². The first-order valence-corrected chi connectivity index (χ1v) is 7.81. The van der Waals surface area contributed by atoms with Gasteiger partial charge in [-0.3, -0.25) is 19.1 Å². The largest absolute Gasteiger partial charge is 0.352 e. The molecule has 3 rings (SSSR count). The molecule has 0 unspecified atom stereocenters. The van der Waals surface area contributed by atoms with Crippen LogP contribution in [0.1, 0.15) is 22.6 Å². The lowest BCUT2D eigenvalue weighted by Crippen LogP contribution is -2.28. The van der Waals surface area contributed by atoms with Crippen molar-refractivity contribution in [3.8, 4) is 0 Å². The predicted octanol–water partition coefficient (Wildman–Crippen LogP) is 1.92. The van der Waals surface area contributed by atoms with Gasteiger partial charge in [0.25, 0.3) is 11.5 Å². The fourth-order valence-corrected chi connectivity index (χ4v) is 2.59. The molecule has 0 aliphatic carbocycles. The quantitative estimate of drug-likeness (QED) is 0.728. The average molecular weight is 322 g/mol. The van der Waals surface area contributed by atoms with Crippen LogP contribution in [0.25, 0.3) is 10.9 Å². The van der Waals surface area contributed by atoms with Gasteiger partial charge >= 0.3 is 0 Å². The number of hydrogen-bond acceptors (Lipinski definition) is 4. The van der Waals surface area contributed by atoms with E-state index in [0.717, 1.165) is 0 Å². The van der Waals surface area contributed by atoms with E-state index in [9.17, 15) is 9.59 Å². The lowest BCUT2D eigenvalue weighted by atomic mass is 10.2. The number of nitrogens with zero attached hydrogens (tertiary/aromatic N) is 3. The SMILES string of the molecule is Cc1nc2ccccc2c(=O)n1CCCNC(=O)c1ccncc1. The molecule has 0 atom stereocenters. The van der Waals surface area contributed by atoms with Gasteiger partial charge in [-0.15, -0.1) is 0 Å². The van der Waals surface area contributed by atoms with Gasteiger partial charge in [0.1, 0.15) is 5.82 Å². The maximum Gasteiger partial charge on any atom is 0.261 e. The third-order valence-electron chi connectivity index (χ3n) is 3.84. The van der Waals surface area contributed by atoms with Gasteiger partial charge in [0.2, 0.25) is 0 Å². The van der Waals surface area contributed by atoms with Gasteiger partial charge in [0.05, 0.1) is 10.9 Å². The van der Waals surface area contributed by atoms with E-state index in [1.807, 2.05) is 25.1 Å². The van der Waals surface area contributed by atoms with Crippen molar-refractivity contribution in [2.75, 3.05) is 6.54 Å². The summed E-state index contributed by atoms with van der Waals surface area (Å²) in [6, 6.07) is 10.6. The van der Waals surface area contributed by atoms with E-state index >= 15 is 0 Å². The summed E-state index contributed by atoms with van der Waals surface area (Å²) < 4.78 is 1.65. The van der Waals surface area contributed by atoms with Crippen LogP contribution in [0.3, 0.4) is 0 Å². The Bertz CT molecular complexity index is 919. The third kappa shape index (κ3) is 3.32. The number of amides is 1. The number of rotatable bonds is 5. The number of para-hydroxylation sites is 1. The number of carbonyl (C=O) groups excluding carboxylic acids is 1. The maximum atomic E-state index is 12.5. The number of pyridine rings is 1. The van der Waals surface area contributed by atoms with Crippen molar-refractivity contribution in [3.05, 3.63) is 70.5 Å². The molecule has 0 saturated heterocycles. The van der Waals surface area contributed by atoms with E-state index < -0.39 is 0 Å². The summed E-state index contributed by atoms with van der Waals surface area (Å²) in [6.07, 6.45) is 3.81. The molecule has 1 N–H and O–H groups in total. The highest BCUT2D eigenvalue weighted by Crippen LogP contribution is 2.07. The Labute approximate surface area is 139 Å². The minimum Gasteiger partial charge on any atom is -0.352 e. The maximum absolute atomic E-state index is 12.5. The summed E-state index contributed by atoms with van der Waals surface area (Å²) in [5.74, 6) is 0.539. The number of nitrogens with one attached hydrogen (secondary N) is 1. The smallest absolute Gasteiger partial charge is 0.261 e. The molecular formula is C18H18N4O2. The van der Waals surface area contributed by atoms with Crippen LogP contribution in [0, 0.1) is 6.92 Å². The molecule has 2 heterocycles. The van der Waals surface area contributed by atoms with Crippen molar-refractivity contribution in [3.63, 3.8) is 0 Å². The van der Waals surface area contributed by atoms with Crippen molar-refractivity contribution in [2.24, 2.45) is 0 Å². The van der Waals surface area contributed by atoms with Crippen molar-refractivity contribution in [1.82, 2.24) is 19.9 Å². The van der Waals surface area contributed by atoms with Crippen LogP contribution in [0.5, 0.6) is 0 Å². The highest BCUT2D eigenvalue weighted by molar-refractivity contribution is 5.93. The van der Waals surface area contributed by atoms with Gasteiger partial charge in [-0.05, 0) is 37.6 Å². The lowest BCUT2D eigenvalue weighted by Gasteiger charge is -2.11. The fourth-order valence-electron chi connectivity index (χ4n) is 2.59. The summed E-state index contributed by atoms with van der Waals surface area (Å²) in [5.41, 5.74) is 1.24. The number of benzene rings is 1. The zero-order valence-electron chi connectivity index (χ0n) is 13.4. The van der Waals surface area contributed by atoms with Gasteiger partial charge in [0, 0.05) is 31.0 Å². The number of aromatic nitrogens is 3. The average Bonchev–Trinajstić information content (AvgIpc) is 2.61. The molecule has 0 bridgehead atoms. The minimum absolute atomic E-state index is 0.0430. The van der Waals surface area contributed by atoms with E-state index in [1.165, 1.54) is 0 Å². The van der Waals surface area contributed by atoms with Crippen molar-refractivity contribution in [2.45, 2.75) is 19.9 Å². The van der Waals surface area contributed by atoms with Crippen LogP contribution in [-0.2, 0) is 6.54 Å². The molecule has 0 aliphatic heterocycles. The molecule has 6 nitrogen and oxygen atoms in total. The monoisotopic (exact) mass is 322 g/mol. The Morgan fingerprint density at radius 2 is 1.92 bits per heavy atom. The van der Waals surface area contributed by atoms with Gasteiger partial charge in [-0.25, -0.2) is 4.98 Å². The molecule has 0 aliphatic rings. The fraction of sp³-hybridized carbons (Fsp3) is 0.222. The summed E-state index contributed by atoms with van der Waals surface area (Å²) in [5, 5.41) is 3.46. The standard InChI is InChI=1S/C18H18N4O2/c1-13-21-16-6-3-2-5-15(16)18(24)22(13)12-4-9-20-17(23)14-7-10-19-11-8-14/h2-3,5-8,10-11H,4,9,12H2,1H3,(H,20,23). The molecule has 1 aromatic carbocycles. The normalized spacial score (nSPS) is 10.7. The van der Waals surface area contributed by atoms with Crippen molar-refractivity contribution >= 4 is 16.8 Å². The Balaban J connectivity index is 1.64. The van der Waals surface area contributed by atoms with E-state index in [-0.39, 0.29) is 11.5 Å². The second-order valence-electron chi connectivity index (χ2n) is 5.48. The van der Waals surface area contributed by atoms with E-state index in [0.29, 0.717) is 41.8 Å². The highest BCUT2D eigenvalue weighted by atomic mass is 16.1. The number of fused-ring (bicyclic) bond motifs is 1. The number of aryl methyl sites for hydroxylation is 1. The van der Waals surface area contributed by atoms with E-state index in [4.69, 9.17) is 0 Å². The molecule has 1 amide bonds. The first-order chi connectivity index (χ1) is 11.7. The van der Waals surface area contributed by atoms with Crippen molar-refractivity contribution < 1.29 is 4.79 Å². The Morgan fingerprint density at radius 1 is 1.17 bits per heavy atom. The van der Waals surface area contributed by atoms with E-state index in [2.05, 4.69) is 15.3 Å². The summed E-state index contributed by atoms with van der Waals surface area (Å²) in [4.78, 5) is 32.8. The molecule has 0 radical (unpaired) electrons. The van der Waals surface area contributed by atoms with Crippen LogP contribution in [0.15, 0.2) is 53.6 Å². The van der Waals surface area contributed by atoms with Gasteiger partial charge < -0.3 is 5.32 Å². The molecule has 0 spiro atoms. The van der Waals surface area contributed by atoms with Gasteiger partial charge in [0.15, 0.2) is 0 Å². The molecule has 122 valence electrons. The first-order valence-electron chi connectivity index (χ1n) is 7.81. The summed E-state index contributed by atoms with van der Waals surface area (Å²) in [6.45, 7) is 2.82. The molecular weight excluding hydrogens is 304 g/mol. The number of carbonyl (C=O) groups is 1. The molecule has 0 saturated carbocycles. The second kappa shape index (κ2) is 7.04. The molecule has 3 aromatic rings. The van der Waals surface area contributed by atoms with Crippen LogP contribution in [0.4, 0.5) is 0 Å². The predicted molar refractivity (Wildman–Crippen MR) is 91.9 cm³/mol. The van der Waals surface area contributed by atoms with Crippen LogP contribution >= 0.6 is 0 Å². The summed E-state index contributed by atoms with van der Waals surface area (Å²) >= 11 is 0. The number of hydrogen-bond donors (Lipinski definition) is 1. The Kier molecular flexibility index (Phi) is 4.65. The third-order valence-corrected chi connectivity index (χ3v) is 3.84. The van der Waals surface area contributed by atoms with Crippen LogP contribution in [-0.4, -0.2) is 27.0 Å².